The summed E-state index contributed by atoms with van der Waals surface area (Å²) in [5, 5.41) is 0. The smallest absolute Gasteiger partial charge is 0.240 e. The van der Waals surface area contributed by atoms with Gasteiger partial charge >= 0.3 is 0 Å². The van der Waals surface area contributed by atoms with Crippen LogP contribution in [0, 0.1) is 13.8 Å². The minimum Gasteiger partial charge on any atom is -0.497 e. The number of nitrogens with one attached hydrogen (secondary N) is 1. The van der Waals surface area contributed by atoms with Crippen LogP contribution in [0.2, 0.25) is 0 Å². The second-order valence-corrected chi connectivity index (χ2v) is 6.63. The van der Waals surface area contributed by atoms with Gasteiger partial charge in [-0.1, -0.05) is 18.2 Å². The van der Waals surface area contributed by atoms with Gasteiger partial charge in [0.2, 0.25) is 10.0 Å². The normalized spacial score (nSPS) is 11.4. The maximum Gasteiger partial charge on any atom is 0.240 e. The molecule has 21 heavy (non-hydrogen) atoms. The Morgan fingerprint density at radius 1 is 1.05 bits per heavy atom. The molecule has 0 aliphatic heterocycles. The lowest BCUT2D eigenvalue weighted by molar-refractivity contribution is 0.414. The highest BCUT2D eigenvalue weighted by molar-refractivity contribution is 7.89. The number of hydrogen-bond donors (Lipinski definition) is 1. The van der Waals surface area contributed by atoms with Crippen molar-refractivity contribution in [3.05, 3.63) is 59.2 Å². The Balaban J connectivity index is 2.15. The van der Waals surface area contributed by atoms with Crippen molar-refractivity contribution in [2.24, 2.45) is 0 Å². The molecular weight excluding hydrogens is 286 g/mol. The van der Waals surface area contributed by atoms with E-state index in [0.29, 0.717) is 5.75 Å². The number of benzene rings is 2. The third-order valence-electron chi connectivity index (χ3n) is 3.54. The minimum atomic E-state index is -3.52. The monoisotopic (exact) mass is 305 g/mol. The van der Waals surface area contributed by atoms with Gasteiger partial charge in [-0.3, -0.25) is 0 Å². The Bertz CT molecular complexity index is 722. The van der Waals surface area contributed by atoms with E-state index in [1.54, 1.807) is 19.2 Å². The van der Waals surface area contributed by atoms with Gasteiger partial charge in [0.25, 0.3) is 0 Å². The van der Waals surface area contributed by atoms with E-state index >= 15 is 0 Å². The van der Waals surface area contributed by atoms with Crippen LogP contribution in [-0.2, 0) is 16.6 Å². The SMILES string of the molecule is COc1ccc(S(=O)(=O)NCc2cccc(C)c2C)cc1. The zero-order chi connectivity index (χ0) is 15.5. The molecule has 0 saturated heterocycles. The molecule has 0 unspecified atom stereocenters. The molecule has 0 spiro atoms. The Labute approximate surface area is 125 Å². The molecule has 0 heterocycles. The van der Waals surface area contributed by atoms with E-state index < -0.39 is 10.0 Å². The van der Waals surface area contributed by atoms with Crippen molar-refractivity contribution in [3.8, 4) is 5.75 Å². The first-order chi connectivity index (χ1) is 9.94. The zero-order valence-electron chi connectivity index (χ0n) is 12.4. The van der Waals surface area contributed by atoms with Crippen LogP contribution in [0.25, 0.3) is 0 Å². The molecule has 0 fully saturated rings. The number of ether oxygens (including phenoxy) is 1. The van der Waals surface area contributed by atoms with Crippen molar-refractivity contribution in [2.45, 2.75) is 25.3 Å². The lowest BCUT2D eigenvalue weighted by Crippen LogP contribution is -2.23. The highest BCUT2D eigenvalue weighted by atomic mass is 32.2. The fourth-order valence-electron chi connectivity index (χ4n) is 2.01. The molecule has 5 heteroatoms. The highest BCUT2D eigenvalue weighted by Gasteiger charge is 2.14. The van der Waals surface area contributed by atoms with E-state index in [4.69, 9.17) is 4.74 Å². The molecule has 0 saturated carbocycles. The largest absolute Gasteiger partial charge is 0.497 e. The molecule has 2 rings (SSSR count). The van der Waals surface area contributed by atoms with Crippen LogP contribution in [0.3, 0.4) is 0 Å². The van der Waals surface area contributed by atoms with E-state index in [1.807, 2.05) is 32.0 Å². The molecule has 4 nitrogen and oxygen atoms in total. The fourth-order valence-corrected chi connectivity index (χ4v) is 3.02. The Morgan fingerprint density at radius 2 is 1.71 bits per heavy atom. The number of sulfonamides is 1. The van der Waals surface area contributed by atoms with Crippen LogP contribution in [0.15, 0.2) is 47.4 Å². The van der Waals surface area contributed by atoms with E-state index in [1.165, 1.54) is 12.1 Å². The lowest BCUT2D eigenvalue weighted by Gasteiger charge is -2.11. The third kappa shape index (κ3) is 3.62. The van der Waals surface area contributed by atoms with Gasteiger partial charge in [0.1, 0.15) is 5.75 Å². The fraction of sp³-hybridized carbons (Fsp3) is 0.250. The first kappa shape index (κ1) is 15.5. The van der Waals surface area contributed by atoms with Crippen molar-refractivity contribution in [1.29, 1.82) is 0 Å². The quantitative estimate of drug-likeness (QED) is 0.924. The maximum absolute atomic E-state index is 12.2. The Kier molecular flexibility index (Phi) is 4.65. The summed E-state index contributed by atoms with van der Waals surface area (Å²) >= 11 is 0. The minimum absolute atomic E-state index is 0.230. The molecule has 0 radical (unpaired) electrons. The standard InChI is InChI=1S/C16H19NO3S/c1-12-5-4-6-14(13(12)2)11-17-21(18,19)16-9-7-15(20-3)8-10-16/h4-10,17H,11H2,1-3H3. The molecule has 2 aromatic carbocycles. The highest BCUT2D eigenvalue weighted by Crippen LogP contribution is 2.17. The Morgan fingerprint density at radius 3 is 2.33 bits per heavy atom. The lowest BCUT2D eigenvalue weighted by atomic mass is 10.0. The van der Waals surface area contributed by atoms with Crippen molar-refractivity contribution >= 4 is 10.0 Å². The van der Waals surface area contributed by atoms with E-state index in [-0.39, 0.29) is 11.4 Å². The van der Waals surface area contributed by atoms with Gasteiger partial charge < -0.3 is 4.74 Å². The summed E-state index contributed by atoms with van der Waals surface area (Å²) in [6.07, 6.45) is 0. The molecule has 1 N–H and O–H groups in total. The zero-order valence-corrected chi connectivity index (χ0v) is 13.2. The summed E-state index contributed by atoms with van der Waals surface area (Å²) in [5.74, 6) is 0.628. The van der Waals surface area contributed by atoms with Crippen LogP contribution in [0.5, 0.6) is 5.75 Å². The van der Waals surface area contributed by atoms with Gasteiger partial charge in [-0.2, -0.15) is 0 Å². The maximum atomic E-state index is 12.2. The topological polar surface area (TPSA) is 55.4 Å². The van der Waals surface area contributed by atoms with Crippen LogP contribution >= 0.6 is 0 Å². The summed E-state index contributed by atoms with van der Waals surface area (Å²) in [4.78, 5) is 0.230. The predicted molar refractivity (Wildman–Crippen MR) is 82.9 cm³/mol. The number of rotatable bonds is 5. The molecule has 0 bridgehead atoms. The summed E-state index contributed by atoms with van der Waals surface area (Å²) in [6.45, 7) is 4.28. The Hall–Kier alpha value is -1.85. The average molecular weight is 305 g/mol. The van der Waals surface area contributed by atoms with Gasteiger partial charge in [0.05, 0.1) is 12.0 Å². The van der Waals surface area contributed by atoms with Crippen LogP contribution in [0.1, 0.15) is 16.7 Å². The molecule has 112 valence electrons. The summed E-state index contributed by atoms with van der Waals surface area (Å²) in [5.41, 5.74) is 3.23. The van der Waals surface area contributed by atoms with Crippen LogP contribution in [-0.4, -0.2) is 15.5 Å². The van der Waals surface area contributed by atoms with Crippen molar-refractivity contribution < 1.29 is 13.2 Å². The van der Waals surface area contributed by atoms with Gasteiger partial charge in [0.15, 0.2) is 0 Å². The third-order valence-corrected chi connectivity index (χ3v) is 4.96. The van der Waals surface area contributed by atoms with Crippen molar-refractivity contribution in [1.82, 2.24) is 4.72 Å². The van der Waals surface area contributed by atoms with Gasteiger partial charge in [-0.05, 0) is 54.8 Å². The van der Waals surface area contributed by atoms with E-state index in [0.717, 1.165) is 16.7 Å². The number of methoxy groups -OCH3 is 1. The summed E-state index contributed by atoms with van der Waals surface area (Å²) in [6, 6.07) is 12.2. The van der Waals surface area contributed by atoms with Crippen molar-refractivity contribution in [2.75, 3.05) is 7.11 Å². The first-order valence-electron chi connectivity index (χ1n) is 6.63. The molecular formula is C16H19NO3S. The van der Waals surface area contributed by atoms with E-state index in [2.05, 4.69) is 4.72 Å². The van der Waals surface area contributed by atoms with Gasteiger partial charge in [-0.25, -0.2) is 13.1 Å². The molecule has 0 atom stereocenters. The molecule has 0 aliphatic rings. The van der Waals surface area contributed by atoms with Crippen molar-refractivity contribution in [3.63, 3.8) is 0 Å². The first-order valence-corrected chi connectivity index (χ1v) is 8.11. The van der Waals surface area contributed by atoms with Crippen LogP contribution < -0.4 is 9.46 Å². The van der Waals surface area contributed by atoms with Crippen LogP contribution in [0.4, 0.5) is 0 Å². The second-order valence-electron chi connectivity index (χ2n) is 4.86. The van der Waals surface area contributed by atoms with Gasteiger partial charge in [-0.15, -0.1) is 0 Å². The predicted octanol–water partition coefficient (Wildman–Crippen LogP) is 2.79. The molecule has 0 aliphatic carbocycles. The summed E-state index contributed by atoms with van der Waals surface area (Å²) in [7, 11) is -1.97. The van der Waals surface area contributed by atoms with E-state index in [9.17, 15) is 8.42 Å². The molecule has 0 amide bonds. The second kappa shape index (κ2) is 6.28. The molecule has 0 aromatic heterocycles. The summed E-state index contributed by atoms with van der Waals surface area (Å²) < 4.78 is 32.2. The number of aryl methyl sites for hydroxylation is 1. The number of hydrogen-bond acceptors (Lipinski definition) is 3. The average Bonchev–Trinajstić information content (AvgIpc) is 2.49. The van der Waals surface area contributed by atoms with Gasteiger partial charge in [0, 0.05) is 6.54 Å². The molecule has 2 aromatic rings.